The molecule has 0 radical (unpaired) electrons. The average molecular weight is 217 g/mol. The maximum Gasteiger partial charge on any atom is 0.116 e. The van der Waals surface area contributed by atoms with Crippen molar-refractivity contribution in [3.8, 4) is 0 Å². The fourth-order valence-electron chi connectivity index (χ4n) is 2.07. The molecule has 0 aliphatic heterocycles. The standard InChI is InChI=1S/C13H19N3/c1-5-6-10-7-11-9-16(4)14-13(11)12(8-10)15(2)3/h7-9H,5-6H2,1-4H3. The van der Waals surface area contributed by atoms with Gasteiger partial charge in [0.15, 0.2) is 0 Å². The van der Waals surface area contributed by atoms with Crippen molar-refractivity contribution >= 4 is 16.6 Å². The average Bonchev–Trinajstić information content (AvgIpc) is 2.57. The van der Waals surface area contributed by atoms with E-state index in [0.717, 1.165) is 11.9 Å². The number of aryl methyl sites for hydroxylation is 2. The van der Waals surface area contributed by atoms with Crippen molar-refractivity contribution in [2.45, 2.75) is 19.8 Å². The first-order valence-electron chi connectivity index (χ1n) is 5.75. The Morgan fingerprint density at radius 2 is 2.06 bits per heavy atom. The summed E-state index contributed by atoms with van der Waals surface area (Å²) in [6, 6.07) is 4.50. The molecule has 2 rings (SSSR count). The minimum absolute atomic E-state index is 1.09. The Kier molecular flexibility index (Phi) is 2.86. The first kappa shape index (κ1) is 11.0. The number of rotatable bonds is 3. The number of nitrogens with zero attached hydrogens (tertiary/aromatic N) is 3. The fourth-order valence-corrected chi connectivity index (χ4v) is 2.07. The SMILES string of the molecule is CCCc1cc(N(C)C)c2nn(C)cc2c1. The largest absolute Gasteiger partial charge is 0.376 e. The Hall–Kier alpha value is -1.51. The molecular weight excluding hydrogens is 198 g/mol. The predicted octanol–water partition coefficient (Wildman–Crippen LogP) is 2.59. The van der Waals surface area contributed by atoms with Crippen molar-refractivity contribution in [2.75, 3.05) is 19.0 Å². The van der Waals surface area contributed by atoms with E-state index in [1.165, 1.54) is 23.1 Å². The van der Waals surface area contributed by atoms with Crippen LogP contribution in [0.4, 0.5) is 5.69 Å². The summed E-state index contributed by atoms with van der Waals surface area (Å²) in [7, 11) is 6.11. The van der Waals surface area contributed by atoms with Gasteiger partial charge in [-0.2, -0.15) is 5.10 Å². The summed E-state index contributed by atoms with van der Waals surface area (Å²) in [5.74, 6) is 0. The summed E-state index contributed by atoms with van der Waals surface area (Å²) in [6.07, 6.45) is 4.39. The Labute approximate surface area is 96.7 Å². The zero-order valence-corrected chi connectivity index (χ0v) is 10.5. The highest BCUT2D eigenvalue weighted by Crippen LogP contribution is 2.26. The third kappa shape index (κ3) is 1.90. The van der Waals surface area contributed by atoms with Gasteiger partial charge in [-0.05, 0) is 24.1 Å². The van der Waals surface area contributed by atoms with Crippen molar-refractivity contribution in [2.24, 2.45) is 7.05 Å². The molecule has 3 nitrogen and oxygen atoms in total. The topological polar surface area (TPSA) is 21.1 Å². The normalized spacial score (nSPS) is 11.0. The maximum atomic E-state index is 4.51. The molecule has 2 aromatic rings. The van der Waals surface area contributed by atoms with Crippen LogP contribution in [0.25, 0.3) is 10.9 Å². The summed E-state index contributed by atoms with van der Waals surface area (Å²) in [5, 5.41) is 5.74. The second-order valence-electron chi connectivity index (χ2n) is 4.50. The van der Waals surface area contributed by atoms with Gasteiger partial charge in [0, 0.05) is 32.7 Å². The monoisotopic (exact) mass is 217 g/mol. The van der Waals surface area contributed by atoms with Crippen LogP contribution in [0.1, 0.15) is 18.9 Å². The second-order valence-corrected chi connectivity index (χ2v) is 4.50. The number of benzene rings is 1. The first-order valence-corrected chi connectivity index (χ1v) is 5.75. The van der Waals surface area contributed by atoms with Crippen molar-refractivity contribution in [1.29, 1.82) is 0 Å². The van der Waals surface area contributed by atoms with E-state index in [1.54, 1.807) is 0 Å². The number of hydrogen-bond donors (Lipinski definition) is 0. The van der Waals surface area contributed by atoms with Crippen LogP contribution in [-0.4, -0.2) is 23.9 Å². The van der Waals surface area contributed by atoms with Gasteiger partial charge in [-0.25, -0.2) is 0 Å². The third-order valence-corrected chi connectivity index (χ3v) is 2.78. The molecule has 0 atom stereocenters. The lowest BCUT2D eigenvalue weighted by Gasteiger charge is -2.14. The molecule has 0 unspecified atom stereocenters. The van der Waals surface area contributed by atoms with Crippen molar-refractivity contribution < 1.29 is 0 Å². The summed E-state index contributed by atoms with van der Waals surface area (Å²) < 4.78 is 1.88. The Balaban J connectivity index is 2.63. The van der Waals surface area contributed by atoms with Crippen LogP contribution < -0.4 is 4.90 Å². The van der Waals surface area contributed by atoms with Gasteiger partial charge >= 0.3 is 0 Å². The highest BCUT2D eigenvalue weighted by Gasteiger charge is 2.08. The molecule has 0 bridgehead atoms. The number of hydrogen-bond acceptors (Lipinski definition) is 2. The summed E-state index contributed by atoms with van der Waals surface area (Å²) in [5.41, 5.74) is 3.70. The van der Waals surface area contributed by atoms with Gasteiger partial charge in [0.25, 0.3) is 0 Å². The molecule has 0 amide bonds. The van der Waals surface area contributed by atoms with E-state index in [4.69, 9.17) is 0 Å². The number of fused-ring (bicyclic) bond motifs is 1. The van der Waals surface area contributed by atoms with Crippen LogP contribution in [0.2, 0.25) is 0 Å². The Morgan fingerprint density at radius 1 is 1.31 bits per heavy atom. The van der Waals surface area contributed by atoms with E-state index in [0.29, 0.717) is 0 Å². The molecule has 0 saturated carbocycles. The molecule has 0 aliphatic carbocycles. The Morgan fingerprint density at radius 3 is 2.69 bits per heavy atom. The lowest BCUT2D eigenvalue weighted by Crippen LogP contribution is -2.09. The van der Waals surface area contributed by atoms with Gasteiger partial charge in [-0.15, -0.1) is 0 Å². The van der Waals surface area contributed by atoms with Gasteiger partial charge in [-0.3, -0.25) is 4.68 Å². The van der Waals surface area contributed by atoms with E-state index >= 15 is 0 Å². The second kappa shape index (κ2) is 4.16. The van der Waals surface area contributed by atoms with Crippen LogP contribution in [0.15, 0.2) is 18.3 Å². The zero-order valence-electron chi connectivity index (χ0n) is 10.5. The van der Waals surface area contributed by atoms with Crippen molar-refractivity contribution in [1.82, 2.24) is 9.78 Å². The first-order chi connectivity index (χ1) is 7.61. The van der Waals surface area contributed by atoms with E-state index in [1.807, 2.05) is 11.7 Å². The number of anilines is 1. The molecular formula is C13H19N3. The predicted molar refractivity (Wildman–Crippen MR) is 69.0 cm³/mol. The third-order valence-electron chi connectivity index (χ3n) is 2.78. The maximum absolute atomic E-state index is 4.51. The van der Waals surface area contributed by atoms with E-state index in [9.17, 15) is 0 Å². The van der Waals surface area contributed by atoms with Crippen LogP contribution >= 0.6 is 0 Å². The molecule has 0 spiro atoms. The van der Waals surface area contributed by atoms with Gasteiger partial charge in [-0.1, -0.05) is 13.3 Å². The molecule has 0 fully saturated rings. The minimum atomic E-state index is 1.09. The van der Waals surface area contributed by atoms with Crippen molar-refractivity contribution in [3.63, 3.8) is 0 Å². The molecule has 3 heteroatoms. The van der Waals surface area contributed by atoms with Gasteiger partial charge < -0.3 is 4.90 Å². The Bertz CT molecular complexity index is 497. The van der Waals surface area contributed by atoms with E-state index < -0.39 is 0 Å². The van der Waals surface area contributed by atoms with Gasteiger partial charge in [0.05, 0.1) is 5.69 Å². The summed E-state index contributed by atoms with van der Waals surface area (Å²) in [6.45, 7) is 2.21. The molecule has 86 valence electrons. The molecule has 0 N–H and O–H groups in total. The van der Waals surface area contributed by atoms with Gasteiger partial charge in [0.2, 0.25) is 0 Å². The lowest BCUT2D eigenvalue weighted by atomic mass is 10.1. The van der Waals surface area contributed by atoms with Crippen molar-refractivity contribution in [3.05, 3.63) is 23.9 Å². The van der Waals surface area contributed by atoms with Crippen LogP contribution in [0.5, 0.6) is 0 Å². The molecule has 1 aromatic carbocycles. The van der Waals surface area contributed by atoms with Crippen LogP contribution in [0, 0.1) is 0 Å². The number of aromatic nitrogens is 2. The zero-order chi connectivity index (χ0) is 11.7. The molecule has 0 aliphatic rings. The molecule has 0 saturated heterocycles. The van der Waals surface area contributed by atoms with Crippen LogP contribution in [-0.2, 0) is 13.5 Å². The quantitative estimate of drug-likeness (QED) is 0.788. The molecule has 1 aromatic heterocycles. The fraction of sp³-hybridized carbons (Fsp3) is 0.462. The van der Waals surface area contributed by atoms with Crippen LogP contribution in [0.3, 0.4) is 0 Å². The minimum Gasteiger partial charge on any atom is -0.376 e. The highest BCUT2D eigenvalue weighted by molar-refractivity contribution is 5.91. The smallest absolute Gasteiger partial charge is 0.116 e. The summed E-state index contributed by atoms with van der Waals surface area (Å²) in [4.78, 5) is 2.13. The van der Waals surface area contributed by atoms with E-state index in [-0.39, 0.29) is 0 Å². The van der Waals surface area contributed by atoms with Gasteiger partial charge in [0.1, 0.15) is 5.52 Å². The highest BCUT2D eigenvalue weighted by atomic mass is 15.3. The molecule has 1 heterocycles. The lowest BCUT2D eigenvalue weighted by molar-refractivity contribution is 0.779. The molecule has 16 heavy (non-hydrogen) atoms. The summed E-state index contributed by atoms with van der Waals surface area (Å²) >= 11 is 0. The van der Waals surface area contributed by atoms with E-state index in [2.05, 4.69) is 49.3 Å².